The summed E-state index contributed by atoms with van der Waals surface area (Å²) in [5.74, 6) is -0.651. The number of hydroxylamine groups is 1. The van der Waals surface area contributed by atoms with Crippen molar-refractivity contribution in [3.8, 4) is 0 Å². The zero-order chi connectivity index (χ0) is 21.0. The minimum Gasteiger partial charge on any atom is -0.366 e. The Balaban J connectivity index is 1.72. The van der Waals surface area contributed by atoms with Crippen molar-refractivity contribution in [2.45, 2.75) is 24.8 Å². The van der Waals surface area contributed by atoms with Gasteiger partial charge in [0.15, 0.2) is 0 Å². The van der Waals surface area contributed by atoms with E-state index in [0.29, 0.717) is 25.2 Å². The number of carbonyl (C=O) groups excluding carboxylic acids is 1. The Morgan fingerprint density at radius 3 is 2.52 bits per heavy atom. The number of nitrogens with zero attached hydrogens (tertiary/aromatic N) is 2. The van der Waals surface area contributed by atoms with Crippen LogP contribution in [0.3, 0.4) is 0 Å². The maximum absolute atomic E-state index is 13.0. The van der Waals surface area contributed by atoms with Crippen LogP contribution in [0.15, 0.2) is 59.5 Å². The van der Waals surface area contributed by atoms with Gasteiger partial charge in [0.25, 0.3) is 5.91 Å². The van der Waals surface area contributed by atoms with E-state index in [1.165, 1.54) is 33.6 Å². The molecule has 1 aliphatic rings. The van der Waals surface area contributed by atoms with Crippen LogP contribution in [-0.4, -0.2) is 49.5 Å². The van der Waals surface area contributed by atoms with Crippen LogP contribution in [-0.2, 0) is 14.8 Å². The average molecular weight is 416 g/mol. The zero-order valence-corrected chi connectivity index (χ0v) is 17.3. The number of piperazine rings is 1. The van der Waals surface area contributed by atoms with E-state index in [1.807, 2.05) is 26.0 Å². The summed E-state index contributed by atoms with van der Waals surface area (Å²) < 4.78 is 27.6. The molecule has 2 N–H and O–H groups in total. The van der Waals surface area contributed by atoms with Crippen LogP contribution in [0.4, 0.5) is 5.69 Å². The van der Waals surface area contributed by atoms with Crippen molar-refractivity contribution in [2.24, 2.45) is 0 Å². The molecule has 0 saturated carbocycles. The minimum atomic E-state index is -3.60. The fourth-order valence-corrected chi connectivity index (χ4v) is 4.95. The molecule has 8 heteroatoms. The quantitative estimate of drug-likeness (QED) is 0.445. The van der Waals surface area contributed by atoms with Gasteiger partial charge in [-0.15, -0.1) is 0 Å². The fourth-order valence-electron chi connectivity index (χ4n) is 3.44. The van der Waals surface area contributed by atoms with Crippen LogP contribution >= 0.6 is 0 Å². The Kier molecular flexibility index (Phi) is 6.36. The van der Waals surface area contributed by atoms with E-state index in [1.54, 1.807) is 12.1 Å². The topological polar surface area (TPSA) is 90.0 Å². The van der Waals surface area contributed by atoms with E-state index >= 15 is 0 Å². The number of sulfonamides is 1. The molecule has 1 unspecified atom stereocenters. The standard InChI is InChI=1S/C21H25N3O4S/c1-16-4-3-5-19(14-16)24-13-12-23(15-17(24)2)29(27,28)20-9-6-18(7-10-20)8-11-21(25)22-26/h3-11,14,17,26H,12-13,15H2,1-2H3,(H,22,25)/b11-8+. The fraction of sp³-hybridized carbons (Fsp3) is 0.286. The van der Waals surface area contributed by atoms with Gasteiger partial charge in [-0.05, 0) is 55.3 Å². The molecule has 0 aliphatic carbocycles. The van der Waals surface area contributed by atoms with Gasteiger partial charge >= 0.3 is 0 Å². The molecule has 0 radical (unpaired) electrons. The van der Waals surface area contributed by atoms with Crippen LogP contribution in [0.25, 0.3) is 6.08 Å². The maximum atomic E-state index is 13.0. The van der Waals surface area contributed by atoms with Crippen LogP contribution < -0.4 is 10.4 Å². The number of benzene rings is 2. The number of anilines is 1. The Morgan fingerprint density at radius 2 is 1.90 bits per heavy atom. The summed E-state index contributed by atoms with van der Waals surface area (Å²) in [6.07, 6.45) is 2.65. The molecule has 0 aromatic heterocycles. The Bertz CT molecular complexity index is 1000. The molecule has 29 heavy (non-hydrogen) atoms. The average Bonchev–Trinajstić information content (AvgIpc) is 2.72. The van der Waals surface area contributed by atoms with Gasteiger partial charge in [-0.25, -0.2) is 13.9 Å². The predicted octanol–water partition coefficient (Wildman–Crippen LogP) is 2.41. The van der Waals surface area contributed by atoms with Crippen molar-refractivity contribution in [3.63, 3.8) is 0 Å². The number of rotatable bonds is 5. The normalized spacial score (nSPS) is 18.2. The number of carbonyl (C=O) groups is 1. The van der Waals surface area contributed by atoms with E-state index < -0.39 is 15.9 Å². The molecular weight excluding hydrogens is 390 g/mol. The number of nitrogens with one attached hydrogen (secondary N) is 1. The molecule has 1 atom stereocenters. The highest BCUT2D eigenvalue weighted by atomic mass is 32.2. The van der Waals surface area contributed by atoms with E-state index in [4.69, 9.17) is 5.21 Å². The molecule has 154 valence electrons. The largest absolute Gasteiger partial charge is 0.366 e. The summed E-state index contributed by atoms with van der Waals surface area (Å²) in [7, 11) is -3.60. The van der Waals surface area contributed by atoms with E-state index in [2.05, 4.69) is 17.0 Å². The lowest BCUT2D eigenvalue weighted by Crippen LogP contribution is -2.53. The lowest BCUT2D eigenvalue weighted by molar-refractivity contribution is -0.124. The lowest BCUT2D eigenvalue weighted by atomic mass is 10.1. The molecule has 0 bridgehead atoms. The number of aryl methyl sites for hydroxylation is 1. The number of hydrogen-bond acceptors (Lipinski definition) is 5. The Labute approximate surface area is 171 Å². The molecular formula is C21H25N3O4S. The molecule has 1 saturated heterocycles. The second-order valence-electron chi connectivity index (χ2n) is 7.12. The van der Waals surface area contributed by atoms with Gasteiger partial charge in [-0.2, -0.15) is 4.31 Å². The first-order chi connectivity index (χ1) is 13.8. The van der Waals surface area contributed by atoms with Gasteiger partial charge in [-0.3, -0.25) is 10.0 Å². The Hall–Kier alpha value is -2.68. The molecule has 7 nitrogen and oxygen atoms in total. The number of amides is 1. The molecule has 3 rings (SSSR count). The summed E-state index contributed by atoms with van der Waals surface area (Å²) in [6.45, 7) is 5.53. The van der Waals surface area contributed by atoms with Crippen molar-refractivity contribution in [2.75, 3.05) is 24.5 Å². The smallest absolute Gasteiger partial charge is 0.267 e. The molecule has 1 heterocycles. The third-order valence-electron chi connectivity index (χ3n) is 4.98. The van der Waals surface area contributed by atoms with Crippen molar-refractivity contribution >= 4 is 27.7 Å². The Morgan fingerprint density at radius 1 is 1.17 bits per heavy atom. The van der Waals surface area contributed by atoms with E-state index in [-0.39, 0.29) is 10.9 Å². The van der Waals surface area contributed by atoms with E-state index in [9.17, 15) is 13.2 Å². The van der Waals surface area contributed by atoms with Crippen molar-refractivity contribution in [1.29, 1.82) is 0 Å². The highest BCUT2D eigenvalue weighted by Crippen LogP contribution is 2.25. The van der Waals surface area contributed by atoms with Gasteiger partial charge in [0.05, 0.1) is 4.90 Å². The molecule has 1 amide bonds. The molecule has 0 spiro atoms. The summed E-state index contributed by atoms with van der Waals surface area (Å²) >= 11 is 0. The van der Waals surface area contributed by atoms with Gasteiger partial charge in [0, 0.05) is 37.4 Å². The SMILES string of the molecule is Cc1cccc(N2CCN(S(=O)(=O)c3ccc(/C=C/C(=O)NO)cc3)CC2C)c1. The number of hydrogen-bond donors (Lipinski definition) is 2. The summed E-state index contributed by atoms with van der Waals surface area (Å²) in [5.41, 5.74) is 4.45. The minimum absolute atomic E-state index is 0.0551. The molecule has 1 aliphatic heterocycles. The van der Waals surface area contributed by atoms with Crippen LogP contribution in [0.2, 0.25) is 0 Å². The van der Waals surface area contributed by atoms with Crippen LogP contribution in [0.1, 0.15) is 18.1 Å². The summed E-state index contributed by atoms with van der Waals surface area (Å²) in [5, 5.41) is 8.50. The van der Waals surface area contributed by atoms with Crippen molar-refractivity contribution < 1.29 is 18.4 Å². The second kappa shape index (κ2) is 8.77. The van der Waals surface area contributed by atoms with Gasteiger partial charge in [-0.1, -0.05) is 24.3 Å². The van der Waals surface area contributed by atoms with Gasteiger partial charge < -0.3 is 4.90 Å². The summed E-state index contributed by atoms with van der Waals surface area (Å²) in [4.78, 5) is 13.5. The predicted molar refractivity (Wildman–Crippen MR) is 112 cm³/mol. The first kappa shape index (κ1) is 21.0. The summed E-state index contributed by atoms with van der Waals surface area (Å²) in [6, 6.07) is 14.6. The zero-order valence-electron chi connectivity index (χ0n) is 16.4. The van der Waals surface area contributed by atoms with E-state index in [0.717, 1.165) is 11.8 Å². The lowest BCUT2D eigenvalue weighted by Gasteiger charge is -2.40. The molecule has 1 fully saturated rings. The molecule has 2 aromatic carbocycles. The van der Waals surface area contributed by atoms with Crippen molar-refractivity contribution in [1.82, 2.24) is 9.79 Å². The van der Waals surface area contributed by atoms with Crippen LogP contribution in [0, 0.1) is 6.92 Å². The third-order valence-corrected chi connectivity index (χ3v) is 6.86. The highest BCUT2D eigenvalue weighted by Gasteiger charge is 2.32. The van der Waals surface area contributed by atoms with Gasteiger partial charge in [0.1, 0.15) is 0 Å². The first-order valence-corrected chi connectivity index (χ1v) is 10.8. The van der Waals surface area contributed by atoms with Crippen LogP contribution in [0.5, 0.6) is 0 Å². The molecule has 2 aromatic rings. The third kappa shape index (κ3) is 4.84. The maximum Gasteiger partial charge on any atom is 0.267 e. The van der Waals surface area contributed by atoms with Crippen molar-refractivity contribution in [3.05, 3.63) is 65.7 Å². The van der Waals surface area contributed by atoms with Gasteiger partial charge in [0.2, 0.25) is 10.0 Å². The monoisotopic (exact) mass is 415 g/mol. The highest BCUT2D eigenvalue weighted by molar-refractivity contribution is 7.89. The second-order valence-corrected chi connectivity index (χ2v) is 9.06. The first-order valence-electron chi connectivity index (χ1n) is 9.37.